The van der Waals surface area contributed by atoms with Gasteiger partial charge in [0.25, 0.3) is 5.91 Å². The predicted molar refractivity (Wildman–Crippen MR) is 133 cm³/mol. The first-order valence-corrected chi connectivity index (χ1v) is 12.7. The zero-order chi connectivity index (χ0) is 30.1. The molecule has 0 unspecified atom stereocenters. The Hall–Kier alpha value is -3.87. The van der Waals surface area contributed by atoms with E-state index in [4.69, 9.17) is 11.6 Å². The van der Waals surface area contributed by atoms with Crippen LogP contribution in [0.1, 0.15) is 63.7 Å². The third kappa shape index (κ3) is 6.89. The summed E-state index contributed by atoms with van der Waals surface area (Å²) in [5, 5.41) is 12.7. The number of hydrogen-bond acceptors (Lipinski definition) is 4. The molecule has 1 N–H and O–H groups in total. The van der Waals surface area contributed by atoms with Gasteiger partial charge in [-0.3, -0.25) is 19.1 Å². The van der Waals surface area contributed by atoms with Crippen molar-refractivity contribution >= 4 is 29.3 Å². The second-order valence-electron chi connectivity index (χ2n) is 9.68. The molecule has 0 bridgehead atoms. The van der Waals surface area contributed by atoms with Crippen LogP contribution in [0.5, 0.6) is 0 Å². The van der Waals surface area contributed by atoms with Gasteiger partial charge in [-0.05, 0) is 61.6 Å². The number of carbonyl (C=O) groups is 3. The number of carboxylic acids is 1. The lowest BCUT2D eigenvalue weighted by Gasteiger charge is -2.28. The Morgan fingerprint density at radius 2 is 1.59 bits per heavy atom. The van der Waals surface area contributed by atoms with E-state index < -0.39 is 77.6 Å². The van der Waals surface area contributed by atoms with Crippen molar-refractivity contribution in [3.8, 4) is 0 Å². The lowest BCUT2D eigenvalue weighted by molar-refractivity contribution is -0.147. The summed E-state index contributed by atoms with van der Waals surface area (Å²) in [7, 11) is 0. The number of hydrogen-bond donors (Lipinski definition) is 1. The highest BCUT2D eigenvalue weighted by molar-refractivity contribution is 6.34. The van der Waals surface area contributed by atoms with Gasteiger partial charge < -0.3 is 10.0 Å². The van der Waals surface area contributed by atoms with E-state index in [2.05, 4.69) is 5.10 Å². The predicted octanol–water partition coefficient (Wildman–Crippen LogP) is 6.31. The fourth-order valence-electron chi connectivity index (χ4n) is 4.91. The average Bonchev–Trinajstić information content (AvgIpc) is 3.33. The molecule has 1 aliphatic carbocycles. The molecule has 2 aromatic carbocycles. The summed E-state index contributed by atoms with van der Waals surface area (Å²) in [5.41, 5.74) is -2.68. The molecule has 1 fully saturated rings. The number of Topliss-reactive ketones (excluding diaryl/α,β-unsaturated/α-hetero) is 1. The van der Waals surface area contributed by atoms with Crippen LogP contribution in [0, 0.1) is 23.4 Å². The summed E-state index contributed by atoms with van der Waals surface area (Å²) in [4.78, 5) is 38.5. The lowest BCUT2D eigenvalue weighted by Crippen LogP contribution is -2.37. The van der Waals surface area contributed by atoms with Gasteiger partial charge in [0, 0.05) is 18.2 Å². The molecular formula is C27H22ClF6N3O4. The van der Waals surface area contributed by atoms with Crippen LogP contribution in [-0.2, 0) is 17.5 Å². The highest BCUT2D eigenvalue weighted by Crippen LogP contribution is 2.39. The minimum absolute atomic E-state index is 0.0726. The minimum Gasteiger partial charge on any atom is -0.481 e. The zero-order valence-corrected chi connectivity index (χ0v) is 21.9. The summed E-state index contributed by atoms with van der Waals surface area (Å²) >= 11 is 5.95. The largest absolute Gasteiger partial charge is 0.481 e. The van der Waals surface area contributed by atoms with Crippen molar-refractivity contribution in [2.75, 3.05) is 6.54 Å². The number of carbonyl (C=O) groups excluding carboxylic acids is 2. The van der Waals surface area contributed by atoms with Crippen LogP contribution >= 0.6 is 11.6 Å². The number of carboxylic acid groups (broad SMARTS) is 1. The van der Waals surface area contributed by atoms with Crippen LogP contribution in [0.3, 0.4) is 0 Å². The lowest BCUT2D eigenvalue weighted by atomic mass is 9.86. The van der Waals surface area contributed by atoms with Crippen molar-refractivity contribution in [1.82, 2.24) is 14.7 Å². The van der Waals surface area contributed by atoms with E-state index in [1.54, 1.807) is 0 Å². The summed E-state index contributed by atoms with van der Waals surface area (Å²) in [6.07, 6.45) is -4.00. The van der Waals surface area contributed by atoms with Gasteiger partial charge in [-0.1, -0.05) is 11.6 Å². The summed E-state index contributed by atoms with van der Waals surface area (Å²) in [6, 6.07) is 4.24. The molecule has 1 aromatic heterocycles. The number of aliphatic carboxylic acids is 1. The van der Waals surface area contributed by atoms with E-state index >= 15 is 0 Å². The fraction of sp³-hybridized carbons (Fsp3) is 0.333. The third-order valence-electron chi connectivity index (χ3n) is 6.84. The fourth-order valence-corrected chi connectivity index (χ4v) is 5.18. The number of rotatable bonds is 8. The molecule has 0 atom stereocenters. The van der Waals surface area contributed by atoms with Crippen LogP contribution < -0.4 is 0 Å². The van der Waals surface area contributed by atoms with E-state index in [0.29, 0.717) is 21.8 Å². The van der Waals surface area contributed by atoms with Crippen LogP contribution in [-0.4, -0.2) is 44.0 Å². The monoisotopic (exact) mass is 601 g/mol. The summed E-state index contributed by atoms with van der Waals surface area (Å²) in [6.45, 7) is -1.53. The first-order chi connectivity index (χ1) is 19.2. The molecule has 7 nitrogen and oxygen atoms in total. The average molecular weight is 602 g/mol. The Bertz CT molecular complexity index is 1460. The number of benzene rings is 2. The molecule has 14 heteroatoms. The van der Waals surface area contributed by atoms with Crippen LogP contribution in [0.15, 0.2) is 42.6 Å². The molecule has 1 aliphatic rings. The number of amides is 1. The smallest absolute Gasteiger partial charge is 0.433 e. The van der Waals surface area contributed by atoms with Crippen LogP contribution in [0.4, 0.5) is 26.3 Å². The molecule has 1 amide bonds. The summed E-state index contributed by atoms with van der Waals surface area (Å²) in [5.74, 6) is -6.71. The van der Waals surface area contributed by atoms with E-state index in [0.717, 1.165) is 30.3 Å². The van der Waals surface area contributed by atoms with Crippen LogP contribution in [0.25, 0.3) is 0 Å². The molecule has 4 rings (SSSR count). The molecule has 218 valence electrons. The van der Waals surface area contributed by atoms with Gasteiger partial charge in [0.2, 0.25) is 0 Å². The topological polar surface area (TPSA) is 92.5 Å². The Kier molecular flexibility index (Phi) is 8.76. The molecule has 41 heavy (non-hydrogen) atoms. The maximum absolute atomic E-state index is 14.3. The van der Waals surface area contributed by atoms with Gasteiger partial charge in [0.15, 0.2) is 11.5 Å². The summed E-state index contributed by atoms with van der Waals surface area (Å²) < 4.78 is 84.9. The third-order valence-corrected chi connectivity index (χ3v) is 7.15. The normalized spacial score (nSPS) is 17.3. The van der Waals surface area contributed by atoms with Gasteiger partial charge in [-0.15, -0.1) is 0 Å². The molecule has 1 heterocycles. The first-order valence-electron chi connectivity index (χ1n) is 12.3. The SMILES string of the molecule is O=C(CN(Cc1cc(F)cc(F)c1)C(=O)c1cnn(C2CCC(C(=O)O)CC2)c1C(F)(F)F)c1ccc(F)cc1Cl. The van der Waals surface area contributed by atoms with Crippen LogP contribution in [0.2, 0.25) is 5.02 Å². The number of ketones is 1. The Labute approximate surface area is 234 Å². The van der Waals surface area contributed by atoms with Gasteiger partial charge in [-0.2, -0.15) is 18.3 Å². The quantitative estimate of drug-likeness (QED) is 0.241. The van der Waals surface area contributed by atoms with Crippen molar-refractivity contribution in [3.63, 3.8) is 0 Å². The molecule has 3 aromatic rings. The number of halogens is 7. The van der Waals surface area contributed by atoms with E-state index in [1.807, 2.05) is 0 Å². The van der Waals surface area contributed by atoms with Crippen molar-refractivity contribution in [2.24, 2.45) is 5.92 Å². The van der Waals surface area contributed by atoms with Crippen molar-refractivity contribution in [1.29, 1.82) is 0 Å². The van der Waals surface area contributed by atoms with Crippen molar-refractivity contribution in [2.45, 2.75) is 44.4 Å². The molecule has 0 spiro atoms. The molecule has 0 radical (unpaired) electrons. The van der Waals surface area contributed by atoms with E-state index in [9.17, 15) is 45.8 Å². The van der Waals surface area contributed by atoms with E-state index in [-0.39, 0.29) is 41.8 Å². The van der Waals surface area contributed by atoms with Gasteiger partial charge >= 0.3 is 12.1 Å². The second kappa shape index (κ2) is 11.9. The Balaban J connectivity index is 1.71. The number of aromatic nitrogens is 2. The van der Waals surface area contributed by atoms with Crippen molar-refractivity contribution < 1.29 is 45.8 Å². The first kappa shape index (κ1) is 30.1. The Morgan fingerprint density at radius 1 is 0.951 bits per heavy atom. The number of alkyl halides is 3. The standard InChI is InChI=1S/C27H22ClF6N3O4/c28-22-10-16(29)3-6-20(22)23(38)13-36(12-14-7-17(30)9-18(31)8-14)25(39)21-11-35-37(24(21)27(32,33)34)19-4-1-15(2-5-19)26(40)41/h3,6-11,15,19H,1-2,4-5,12-13H2,(H,40,41). The van der Waals surface area contributed by atoms with Gasteiger partial charge in [0.05, 0.1) is 35.3 Å². The van der Waals surface area contributed by atoms with Crippen molar-refractivity contribution in [3.05, 3.63) is 87.5 Å². The highest BCUT2D eigenvalue weighted by Gasteiger charge is 2.43. The molecule has 0 aliphatic heterocycles. The van der Waals surface area contributed by atoms with Gasteiger partial charge in [0.1, 0.15) is 17.5 Å². The Morgan fingerprint density at radius 3 is 2.15 bits per heavy atom. The van der Waals surface area contributed by atoms with E-state index in [1.165, 1.54) is 0 Å². The second-order valence-corrected chi connectivity index (χ2v) is 10.1. The molecular weight excluding hydrogens is 580 g/mol. The maximum Gasteiger partial charge on any atom is 0.433 e. The maximum atomic E-state index is 14.3. The van der Waals surface area contributed by atoms with Gasteiger partial charge in [-0.25, -0.2) is 13.2 Å². The molecule has 1 saturated carbocycles. The zero-order valence-electron chi connectivity index (χ0n) is 21.1. The number of nitrogens with zero attached hydrogens (tertiary/aromatic N) is 3. The minimum atomic E-state index is -5.08. The highest BCUT2D eigenvalue weighted by atomic mass is 35.5. The molecule has 0 saturated heterocycles.